The maximum Gasteiger partial charge on any atom is 0.416 e. The van der Waals surface area contributed by atoms with Gasteiger partial charge in [0, 0.05) is 34.5 Å². The molecule has 30 heavy (non-hydrogen) atoms. The van der Waals surface area contributed by atoms with E-state index in [0.29, 0.717) is 22.3 Å². The predicted molar refractivity (Wildman–Crippen MR) is 109 cm³/mol. The van der Waals surface area contributed by atoms with Crippen LogP contribution in [0.2, 0.25) is 0 Å². The number of fused-ring (bicyclic) bond motifs is 1. The van der Waals surface area contributed by atoms with Gasteiger partial charge < -0.3 is 5.32 Å². The predicted octanol–water partition coefficient (Wildman–Crippen LogP) is 5.25. The van der Waals surface area contributed by atoms with Gasteiger partial charge in [-0.2, -0.15) is 13.2 Å². The van der Waals surface area contributed by atoms with Crippen molar-refractivity contribution in [1.82, 2.24) is 9.97 Å². The second-order valence-electron chi connectivity index (χ2n) is 6.18. The van der Waals surface area contributed by atoms with Crippen molar-refractivity contribution in [1.29, 1.82) is 0 Å². The molecular formula is C19H13F3N4O2S2. The minimum absolute atomic E-state index is 0.0298. The summed E-state index contributed by atoms with van der Waals surface area (Å²) in [6, 6.07) is 10.7. The Bertz CT molecular complexity index is 1290. The smallest absolute Gasteiger partial charge is 0.355 e. The van der Waals surface area contributed by atoms with Gasteiger partial charge in [0.15, 0.2) is 5.13 Å². The van der Waals surface area contributed by atoms with E-state index in [2.05, 4.69) is 20.0 Å². The highest BCUT2D eigenvalue weighted by Gasteiger charge is 2.30. The van der Waals surface area contributed by atoms with Crippen molar-refractivity contribution in [2.75, 3.05) is 10.0 Å². The van der Waals surface area contributed by atoms with E-state index in [1.54, 1.807) is 11.4 Å². The molecule has 0 radical (unpaired) electrons. The second-order valence-corrected chi connectivity index (χ2v) is 8.76. The molecule has 4 rings (SSSR count). The van der Waals surface area contributed by atoms with Crippen LogP contribution in [0.25, 0.3) is 10.9 Å². The second kappa shape index (κ2) is 7.58. The molecule has 4 aromatic rings. The number of sulfonamides is 1. The monoisotopic (exact) mass is 450 g/mol. The van der Waals surface area contributed by atoms with Gasteiger partial charge in [0.25, 0.3) is 10.0 Å². The van der Waals surface area contributed by atoms with Crippen LogP contribution in [0.1, 0.15) is 5.56 Å². The minimum atomic E-state index is -4.47. The first-order chi connectivity index (χ1) is 14.2. The molecule has 2 heterocycles. The lowest BCUT2D eigenvalue weighted by Gasteiger charge is -2.12. The van der Waals surface area contributed by atoms with Crippen LogP contribution in [0.15, 0.2) is 71.2 Å². The fourth-order valence-electron chi connectivity index (χ4n) is 2.75. The van der Waals surface area contributed by atoms with Crippen molar-refractivity contribution in [2.45, 2.75) is 11.1 Å². The van der Waals surface area contributed by atoms with Crippen molar-refractivity contribution < 1.29 is 21.6 Å². The third-order valence-electron chi connectivity index (χ3n) is 4.17. The van der Waals surface area contributed by atoms with Crippen LogP contribution in [0.4, 0.5) is 29.7 Å². The molecule has 0 unspecified atom stereocenters. The van der Waals surface area contributed by atoms with Crippen molar-refractivity contribution in [3.05, 3.63) is 71.9 Å². The van der Waals surface area contributed by atoms with Crippen LogP contribution in [0.3, 0.4) is 0 Å². The van der Waals surface area contributed by atoms with Crippen LogP contribution < -0.4 is 10.0 Å². The first-order valence-electron chi connectivity index (χ1n) is 8.48. The SMILES string of the molecule is O=S(=O)(Nc1nccs1)c1ccc(Nc2ccnc3ccc(C(F)(F)F)cc23)cc1. The molecule has 0 aliphatic carbocycles. The van der Waals surface area contributed by atoms with E-state index in [-0.39, 0.29) is 10.0 Å². The van der Waals surface area contributed by atoms with Gasteiger partial charge in [0.05, 0.1) is 16.0 Å². The highest BCUT2D eigenvalue weighted by atomic mass is 32.2. The molecule has 0 saturated carbocycles. The number of hydrogen-bond donors (Lipinski definition) is 2. The Labute approximate surface area is 173 Å². The van der Waals surface area contributed by atoms with Gasteiger partial charge in [-0.3, -0.25) is 9.71 Å². The summed E-state index contributed by atoms with van der Waals surface area (Å²) >= 11 is 1.15. The Hall–Kier alpha value is -3.18. The largest absolute Gasteiger partial charge is 0.416 e. The highest BCUT2D eigenvalue weighted by molar-refractivity contribution is 7.93. The number of rotatable bonds is 5. The van der Waals surface area contributed by atoms with E-state index >= 15 is 0 Å². The lowest BCUT2D eigenvalue weighted by Crippen LogP contribution is -2.12. The molecule has 0 aliphatic rings. The number of aromatic nitrogens is 2. The normalized spacial score (nSPS) is 12.1. The molecular weight excluding hydrogens is 437 g/mol. The van der Waals surface area contributed by atoms with Gasteiger partial charge >= 0.3 is 6.18 Å². The summed E-state index contributed by atoms with van der Waals surface area (Å²) in [6.45, 7) is 0. The standard InChI is InChI=1S/C19H13F3N4O2S2/c20-19(21,22)12-1-6-16-15(11-12)17(7-8-23-16)25-13-2-4-14(5-3-13)30(27,28)26-18-24-9-10-29-18/h1-11H,(H,23,25)(H,24,26). The van der Waals surface area contributed by atoms with Crippen LogP contribution >= 0.6 is 11.3 Å². The fourth-order valence-corrected chi connectivity index (χ4v) is 4.54. The molecule has 0 amide bonds. The number of halogens is 3. The fraction of sp³-hybridized carbons (Fsp3) is 0.0526. The Morgan fingerprint density at radius 2 is 1.70 bits per heavy atom. The van der Waals surface area contributed by atoms with Crippen molar-refractivity contribution in [2.24, 2.45) is 0 Å². The maximum absolute atomic E-state index is 13.1. The van der Waals surface area contributed by atoms with Gasteiger partial charge in [0.1, 0.15) is 0 Å². The number of alkyl halides is 3. The van der Waals surface area contributed by atoms with Gasteiger partial charge in [-0.25, -0.2) is 13.4 Å². The number of pyridine rings is 1. The zero-order valence-corrected chi connectivity index (χ0v) is 16.6. The van der Waals surface area contributed by atoms with E-state index in [0.717, 1.165) is 23.5 Å². The van der Waals surface area contributed by atoms with Crippen LogP contribution in [0, 0.1) is 0 Å². The van der Waals surface area contributed by atoms with Gasteiger partial charge in [-0.1, -0.05) is 0 Å². The number of benzene rings is 2. The topological polar surface area (TPSA) is 84.0 Å². The quantitative estimate of drug-likeness (QED) is 0.434. The average Bonchev–Trinajstić information content (AvgIpc) is 3.20. The molecule has 154 valence electrons. The van der Waals surface area contributed by atoms with Crippen LogP contribution in [-0.2, 0) is 16.2 Å². The summed E-state index contributed by atoms with van der Waals surface area (Å²) in [7, 11) is -3.79. The Balaban J connectivity index is 1.61. The van der Waals surface area contributed by atoms with Gasteiger partial charge in [-0.05, 0) is 48.5 Å². The van der Waals surface area contributed by atoms with Gasteiger partial charge in [0.2, 0.25) is 0 Å². The van der Waals surface area contributed by atoms with Crippen molar-refractivity contribution in [3.63, 3.8) is 0 Å². The third-order valence-corrected chi connectivity index (χ3v) is 6.34. The van der Waals surface area contributed by atoms with E-state index in [1.807, 2.05) is 0 Å². The van der Waals surface area contributed by atoms with E-state index in [4.69, 9.17) is 0 Å². The lowest BCUT2D eigenvalue weighted by molar-refractivity contribution is -0.137. The van der Waals surface area contributed by atoms with Crippen molar-refractivity contribution >= 4 is 48.8 Å². The summed E-state index contributed by atoms with van der Waals surface area (Å²) in [5.41, 5.74) is 0.552. The number of nitrogens with one attached hydrogen (secondary N) is 2. The molecule has 0 fully saturated rings. The molecule has 0 atom stereocenters. The van der Waals surface area contributed by atoms with Gasteiger partial charge in [-0.15, -0.1) is 11.3 Å². The maximum atomic E-state index is 13.1. The summed E-state index contributed by atoms with van der Waals surface area (Å²) < 4.78 is 66.3. The Morgan fingerprint density at radius 3 is 2.37 bits per heavy atom. The molecule has 0 saturated heterocycles. The number of nitrogens with zero attached hydrogens (tertiary/aromatic N) is 2. The Kier molecular flexibility index (Phi) is 5.08. The molecule has 2 aromatic heterocycles. The molecule has 0 aliphatic heterocycles. The summed E-state index contributed by atoms with van der Waals surface area (Å²) in [5.74, 6) is 0. The zero-order chi connectivity index (χ0) is 21.4. The first-order valence-corrected chi connectivity index (χ1v) is 10.8. The van der Waals surface area contributed by atoms with E-state index in [1.165, 1.54) is 42.7 Å². The lowest BCUT2D eigenvalue weighted by atomic mass is 10.1. The number of thiazole rings is 1. The Morgan fingerprint density at radius 1 is 0.933 bits per heavy atom. The van der Waals surface area contributed by atoms with Crippen LogP contribution in [0.5, 0.6) is 0 Å². The molecule has 0 spiro atoms. The summed E-state index contributed by atoms with van der Waals surface area (Å²) in [4.78, 5) is 8.00. The summed E-state index contributed by atoms with van der Waals surface area (Å²) in [5, 5.41) is 5.22. The molecule has 2 N–H and O–H groups in total. The van der Waals surface area contributed by atoms with E-state index < -0.39 is 21.8 Å². The summed E-state index contributed by atoms with van der Waals surface area (Å²) in [6.07, 6.45) is -1.50. The zero-order valence-electron chi connectivity index (χ0n) is 15.0. The number of anilines is 3. The van der Waals surface area contributed by atoms with E-state index in [9.17, 15) is 21.6 Å². The molecule has 2 aromatic carbocycles. The molecule has 6 nitrogen and oxygen atoms in total. The highest BCUT2D eigenvalue weighted by Crippen LogP contribution is 2.34. The minimum Gasteiger partial charge on any atom is -0.355 e. The van der Waals surface area contributed by atoms with Crippen molar-refractivity contribution in [3.8, 4) is 0 Å². The average molecular weight is 450 g/mol. The van der Waals surface area contributed by atoms with Crippen LogP contribution in [-0.4, -0.2) is 18.4 Å². The number of hydrogen-bond acceptors (Lipinski definition) is 6. The third kappa shape index (κ3) is 4.21. The molecule has 0 bridgehead atoms. The molecule has 11 heteroatoms. The first kappa shape index (κ1) is 20.1.